The maximum Gasteiger partial charge on any atom is 0.335 e. The van der Waals surface area contributed by atoms with Crippen LogP contribution in [0.25, 0.3) is 0 Å². The molecule has 0 saturated heterocycles. The second-order valence-electron chi connectivity index (χ2n) is 3.68. The molecule has 0 fully saturated rings. The van der Waals surface area contributed by atoms with E-state index in [-0.39, 0.29) is 17.2 Å². The van der Waals surface area contributed by atoms with Gasteiger partial charge in [0.2, 0.25) is 0 Å². The van der Waals surface area contributed by atoms with E-state index in [0.717, 1.165) is 16.9 Å². The van der Waals surface area contributed by atoms with Crippen LogP contribution in [-0.2, 0) is 7.05 Å². The number of carboxylic acids is 1. The van der Waals surface area contributed by atoms with Crippen molar-refractivity contribution in [2.45, 2.75) is 0 Å². The van der Waals surface area contributed by atoms with Gasteiger partial charge in [-0.3, -0.25) is 5.32 Å². The summed E-state index contributed by atoms with van der Waals surface area (Å²) in [5.41, 5.74) is -0.388. The molecule has 2 aromatic rings. The minimum atomic E-state index is -1.26. The Morgan fingerprint density at radius 3 is 2.65 bits per heavy atom. The average Bonchev–Trinajstić information content (AvgIpc) is 2.77. The SMILES string of the molecule is Cn1nnc(NC(=O)Nc2ccc(C(=O)O)cc2F)n1. The fourth-order valence-electron chi connectivity index (χ4n) is 1.34. The highest BCUT2D eigenvalue weighted by molar-refractivity contribution is 5.99. The predicted molar refractivity (Wildman–Crippen MR) is 64.8 cm³/mol. The number of aromatic nitrogens is 4. The van der Waals surface area contributed by atoms with Gasteiger partial charge in [-0.15, -0.1) is 5.10 Å². The number of nitrogens with zero attached hydrogens (tertiary/aromatic N) is 4. The van der Waals surface area contributed by atoms with Crippen molar-refractivity contribution >= 4 is 23.6 Å². The molecule has 0 saturated carbocycles. The second kappa shape index (κ2) is 5.30. The highest BCUT2D eigenvalue weighted by Gasteiger charge is 2.12. The second-order valence-corrected chi connectivity index (χ2v) is 3.68. The van der Waals surface area contributed by atoms with Crippen LogP contribution in [0.3, 0.4) is 0 Å². The maximum atomic E-state index is 13.6. The van der Waals surface area contributed by atoms with Gasteiger partial charge in [-0.25, -0.2) is 14.0 Å². The van der Waals surface area contributed by atoms with Gasteiger partial charge >= 0.3 is 12.0 Å². The normalized spacial score (nSPS) is 10.1. The van der Waals surface area contributed by atoms with E-state index >= 15 is 0 Å². The molecule has 0 radical (unpaired) electrons. The summed E-state index contributed by atoms with van der Waals surface area (Å²) < 4.78 is 13.6. The van der Waals surface area contributed by atoms with Gasteiger partial charge in [0.15, 0.2) is 0 Å². The van der Waals surface area contributed by atoms with Gasteiger partial charge in [-0.05, 0) is 23.4 Å². The molecule has 20 heavy (non-hydrogen) atoms. The quantitative estimate of drug-likeness (QED) is 0.760. The first kappa shape index (κ1) is 13.4. The number of carboxylic acid groups (broad SMARTS) is 1. The molecule has 0 aliphatic heterocycles. The first-order valence-electron chi connectivity index (χ1n) is 5.30. The first-order chi connectivity index (χ1) is 9.45. The van der Waals surface area contributed by atoms with E-state index in [1.165, 1.54) is 13.1 Å². The lowest BCUT2D eigenvalue weighted by Crippen LogP contribution is -2.21. The molecular formula is C10H9FN6O3. The molecule has 3 N–H and O–H groups in total. The standard InChI is InChI=1S/C10H9FN6O3/c1-17-15-9(14-16-17)13-10(20)12-7-3-2-5(8(18)19)4-6(7)11/h2-4H,1H3,(H,18,19)(H2,12,13,15,20). The molecule has 9 nitrogen and oxygen atoms in total. The zero-order valence-corrected chi connectivity index (χ0v) is 10.2. The lowest BCUT2D eigenvalue weighted by Gasteiger charge is -2.06. The van der Waals surface area contributed by atoms with Gasteiger partial charge in [0.1, 0.15) is 5.82 Å². The van der Waals surface area contributed by atoms with Gasteiger partial charge in [0.25, 0.3) is 5.95 Å². The van der Waals surface area contributed by atoms with Crippen LogP contribution in [0, 0.1) is 5.82 Å². The summed E-state index contributed by atoms with van der Waals surface area (Å²) >= 11 is 0. The molecule has 10 heteroatoms. The molecule has 0 aliphatic rings. The number of carbonyl (C=O) groups excluding carboxylic acids is 1. The van der Waals surface area contributed by atoms with Gasteiger partial charge in [0.05, 0.1) is 18.3 Å². The molecule has 1 heterocycles. The van der Waals surface area contributed by atoms with E-state index in [0.29, 0.717) is 0 Å². The fourth-order valence-corrected chi connectivity index (χ4v) is 1.34. The monoisotopic (exact) mass is 280 g/mol. The van der Waals surface area contributed by atoms with Crippen LogP contribution in [-0.4, -0.2) is 37.3 Å². The van der Waals surface area contributed by atoms with Crippen LogP contribution >= 0.6 is 0 Å². The average molecular weight is 280 g/mol. The molecule has 0 spiro atoms. The molecule has 0 bridgehead atoms. The van der Waals surface area contributed by atoms with Crippen LogP contribution in [0.4, 0.5) is 20.8 Å². The Kier molecular flexibility index (Phi) is 3.55. The smallest absolute Gasteiger partial charge is 0.335 e. The Bertz CT molecular complexity index is 671. The zero-order chi connectivity index (χ0) is 14.7. The number of hydrogen-bond donors (Lipinski definition) is 3. The van der Waals surface area contributed by atoms with Crippen molar-refractivity contribution in [1.82, 2.24) is 20.2 Å². The van der Waals surface area contributed by atoms with Crippen molar-refractivity contribution < 1.29 is 19.1 Å². The lowest BCUT2D eigenvalue weighted by atomic mass is 10.2. The number of nitrogens with one attached hydrogen (secondary N) is 2. The Labute approximate surface area is 111 Å². The van der Waals surface area contributed by atoms with Gasteiger partial charge in [-0.2, -0.15) is 4.80 Å². The number of tetrazole rings is 1. The molecule has 104 valence electrons. The number of amides is 2. The number of anilines is 2. The third-order valence-electron chi connectivity index (χ3n) is 2.20. The Hall–Kier alpha value is -3.04. The Morgan fingerprint density at radius 2 is 2.10 bits per heavy atom. The number of halogens is 1. The third-order valence-corrected chi connectivity index (χ3v) is 2.20. The molecule has 2 rings (SSSR count). The summed E-state index contributed by atoms with van der Waals surface area (Å²) in [5, 5.41) is 23.8. The number of aromatic carboxylic acids is 1. The first-order valence-corrected chi connectivity index (χ1v) is 5.30. The topological polar surface area (TPSA) is 122 Å². The molecule has 0 unspecified atom stereocenters. The van der Waals surface area contributed by atoms with Crippen molar-refractivity contribution in [3.63, 3.8) is 0 Å². The van der Waals surface area contributed by atoms with Gasteiger partial charge in [0, 0.05) is 0 Å². The molecule has 1 aromatic carbocycles. The van der Waals surface area contributed by atoms with Crippen LogP contribution < -0.4 is 10.6 Å². The summed E-state index contributed by atoms with van der Waals surface area (Å²) in [6, 6.07) is 2.34. The van der Waals surface area contributed by atoms with Crippen LogP contribution in [0.2, 0.25) is 0 Å². The van der Waals surface area contributed by atoms with Crippen molar-refractivity contribution in [1.29, 1.82) is 0 Å². The number of hydrogen-bond acceptors (Lipinski definition) is 5. The van der Waals surface area contributed by atoms with Gasteiger partial charge < -0.3 is 10.4 Å². The summed E-state index contributed by atoms with van der Waals surface area (Å²) in [4.78, 5) is 23.3. The number of rotatable bonds is 3. The number of carbonyl (C=O) groups is 2. The van der Waals surface area contributed by atoms with E-state index in [1.807, 2.05) is 0 Å². The van der Waals surface area contributed by atoms with E-state index in [4.69, 9.17) is 5.11 Å². The Morgan fingerprint density at radius 1 is 1.35 bits per heavy atom. The third kappa shape index (κ3) is 3.04. The molecule has 0 aliphatic carbocycles. The summed E-state index contributed by atoms with van der Waals surface area (Å²) in [7, 11) is 1.51. The van der Waals surface area contributed by atoms with E-state index < -0.39 is 17.8 Å². The van der Waals surface area contributed by atoms with E-state index in [2.05, 4.69) is 26.0 Å². The minimum absolute atomic E-state index is 0.0486. The van der Waals surface area contributed by atoms with Gasteiger partial charge in [-0.1, -0.05) is 5.10 Å². The van der Waals surface area contributed by atoms with Crippen molar-refractivity contribution in [2.75, 3.05) is 10.6 Å². The highest BCUT2D eigenvalue weighted by atomic mass is 19.1. The molecule has 1 aromatic heterocycles. The van der Waals surface area contributed by atoms with Crippen molar-refractivity contribution in [3.8, 4) is 0 Å². The highest BCUT2D eigenvalue weighted by Crippen LogP contribution is 2.16. The number of urea groups is 1. The summed E-state index contributed by atoms with van der Waals surface area (Å²) in [6.07, 6.45) is 0. The van der Waals surface area contributed by atoms with Crippen molar-refractivity contribution in [3.05, 3.63) is 29.6 Å². The summed E-state index contributed by atoms with van der Waals surface area (Å²) in [6.45, 7) is 0. The van der Waals surface area contributed by atoms with E-state index in [9.17, 15) is 14.0 Å². The largest absolute Gasteiger partial charge is 0.478 e. The fraction of sp³-hybridized carbons (Fsp3) is 0.100. The predicted octanol–water partition coefficient (Wildman–Crippen LogP) is 0.691. The number of benzene rings is 1. The summed E-state index contributed by atoms with van der Waals surface area (Å²) in [5.74, 6) is -2.18. The van der Waals surface area contributed by atoms with Crippen LogP contribution in [0.1, 0.15) is 10.4 Å². The maximum absolute atomic E-state index is 13.6. The molecule has 0 atom stereocenters. The van der Waals surface area contributed by atoms with E-state index in [1.54, 1.807) is 0 Å². The zero-order valence-electron chi connectivity index (χ0n) is 10.2. The van der Waals surface area contributed by atoms with Crippen LogP contribution in [0.5, 0.6) is 0 Å². The lowest BCUT2D eigenvalue weighted by molar-refractivity contribution is 0.0696. The molecule has 2 amide bonds. The van der Waals surface area contributed by atoms with Crippen molar-refractivity contribution in [2.24, 2.45) is 7.05 Å². The number of aryl methyl sites for hydroxylation is 1. The Balaban J connectivity index is 2.06. The van der Waals surface area contributed by atoms with Crippen LogP contribution in [0.15, 0.2) is 18.2 Å². The minimum Gasteiger partial charge on any atom is -0.478 e. The molecular weight excluding hydrogens is 271 g/mol.